The lowest BCUT2D eigenvalue weighted by molar-refractivity contribution is -0.134. The summed E-state index contributed by atoms with van der Waals surface area (Å²) in [5, 5.41) is 18.0. The minimum Gasteiger partial charge on any atom is -0.396 e. The molecule has 1 aliphatic rings. The van der Waals surface area contributed by atoms with Crippen LogP contribution in [0.25, 0.3) is 0 Å². The zero-order valence-corrected chi connectivity index (χ0v) is 12.1. The molecule has 3 N–H and O–H groups in total. The average Bonchev–Trinajstić information content (AvgIpc) is 2.99. The first-order chi connectivity index (χ1) is 10.2. The molecule has 0 bridgehead atoms. The van der Waals surface area contributed by atoms with Crippen molar-refractivity contribution in [1.29, 1.82) is 5.26 Å². The number of aliphatic hydroxyl groups is 1. The summed E-state index contributed by atoms with van der Waals surface area (Å²) in [6.45, 7) is 2.10. The van der Waals surface area contributed by atoms with Crippen LogP contribution in [0.4, 0.5) is 0 Å². The molecule has 0 radical (unpaired) electrons. The maximum absolute atomic E-state index is 12.3. The van der Waals surface area contributed by atoms with Crippen LogP contribution in [0.2, 0.25) is 0 Å². The van der Waals surface area contributed by atoms with E-state index in [0.717, 1.165) is 12.8 Å². The molecule has 0 aromatic carbocycles. The molecule has 1 aromatic rings. The SMILES string of the molecule is N#Cc1cccn1CCC(N)C(=O)N1CCC(CO)CC1. The lowest BCUT2D eigenvalue weighted by atomic mass is 9.97. The first-order valence-corrected chi connectivity index (χ1v) is 7.36. The van der Waals surface area contributed by atoms with E-state index in [0.29, 0.717) is 37.7 Å². The smallest absolute Gasteiger partial charge is 0.239 e. The van der Waals surface area contributed by atoms with Crippen LogP contribution < -0.4 is 5.73 Å². The maximum Gasteiger partial charge on any atom is 0.239 e. The molecule has 6 heteroatoms. The summed E-state index contributed by atoms with van der Waals surface area (Å²) in [6.07, 6.45) is 4.01. The zero-order chi connectivity index (χ0) is 15.2. The molecule has 1 aromatic heterocycles. The van der Waals surface area contributed by atoms with Gasteiger partial charge in [0.2, 0.25) is 5.91 Å². The Balaban J connectivity index is 1.82. The van der Waals surface area contributed by atoms with Crippen molar-refractivity contribution in [3.8, 4) is 6.07 Å². The summed E-state index contributed by atoms with van der Waals surface area (Å²) in [6, 6.07) is 5.12. The third kappa shape index (κ3) is 3.84. The quantitative estimate of drug-likeness (QED) is 0.815. The summed E-state index contributed by atoms with van der Waals surface area (Å²) in [7, 11) is 0. The van der Waals surface area contributed by atoms with Gasteiger partial charge in [-0.1, -0.05) is 0 Å². The van der Waals surface area contributed by atoms with Crippen molar-refractivity contribution in [2.24, 2.45) is 11.7 Å². The highest BCUT2D eigenvalue weighted by Crippen LogP contribution is 2.17. The van der Waals surface area contributed by atoms with E-state index >= 15 is 0 Å². The van der Waals surface area contributed by atoms with E-state index in [2.05, 4.69) is 6.07 Å². The van der Waals surface area contributed by atoms with Gasteiger partial charge in [-0.15, -0.1) is 0 Å². The predicted molar refractivity (Wildman–Crippen MR) is 78.1 cm³/mol. The summed E-state index contributed by atoms with van der Waals surface area (Å²) < 4.78 is 1.81. The summed E-state index contributed by atoms with van der Waals surface area (Å²) >= 11 is 0. The molecule has 0 saturated carbocycles. The lowest BCUT2D eigenvalue weighted by Gasteiger charge is -2.32. The van der Waals surface area contributed by atoms with Crippen LogP contribution in [-0.4, -0.2) is 46.2 Å². The molecule has 2 heterocycles. The molecule has 1 amide bonds. The molecule has 0 spiro atoms. The highest BCUT2D eigenvalue weighted by atomic mass is 16.3. The van der Waals surface area contributed by atoms with Crippen molar-refractivity contribution in [3.05, 3.63) is 24.0 Å². The topological polar surface area (TPSA) is 95.3 Å². The third-order valence-electron chi connectivity index (χ3n) is 4.13. The van der Waals surface area contributed by atoms with Crippen molar-refractivity contribution in [2.75, 3.05) is 19.7 Å². The highest BCUT2D eigenvalue weighted by molar-refractivity contribution is 5.81. The van der Waals surface area contributed by atoms with Crippen molar-refractivity contribution in [1.82, 2.24) is 9.47 Å². The minimum absolute atomic E-state index is 0.0305. The maximum atomic E-state index is 12.3. The van der Waals surface area contributed by atoms with Crippen molar-refractivity contribution in [3.63, 3.8) is 0 Å². The molecule has 114 valence electrons. The van der Waals surface area contributed by atoms with E-state index in [9.17, 15) is 4.79 Å². The van der Waals surface area contributed by atoms with E-state index < -0.39 is 6.04 Å². The predicted octanol–water partition coefficient (Wildman–Crippen LogP) is 0.308. The van der Waals surface area contributed by atoms with Gasteiger partial charge in [-0.2, -0.15) is 5.26 Å². The summed E-state index contributed by atoms with van der Waals surface area (Å²) in [4.78, 5) is 14.1. The Hall–Kier alpha value is -1.84. The van der Waals surface area contributed by atoms with Gasteiger partial charge in [-0.05, 0) is 37.3 Å². The second-order valence-corrected chi connectivity index (χ2v) is 5.55. The number of nitrogens with two attached hydrogens (primary N) is 1. The van der Waals surface area contributed by atoms with Gasteiger partial charge >= 0.3 is 0 Å². The molecule has 21 heavy (non-hydrogen) atoms. The molecule has 0 aliphatic carbocycles. The molecular formula is C15H22N4O2. The minimum atomic E-state index is -0.537. The molecule has 1 aliphatic heterocycles. The Morgan fingerprint density at radius 3 is 2.86 bits per heavy atom. The van der Waals surface area contributed by atoms with Crippen LogP contribution in [0.15, 0.2) is 18.3 Å². The van der Waals surface area contributed by atoms with E-state index in [4.69, 9.17) is 16.1 Å². The zero-order valence-electron chi connectivity index (χ0n) is 12.1. The van der Waals surface area contributed by atoms with Crippen molar-refractivity contribution in [2.45, 2.75) is 31.8 Å². The second-order valence-electron chi connectivity index (χ2n) is 5.55. The number of hydrogen-bond donors (Lipinski definition) is 2. The number of nitriles is 1. The Kier molecular flexibility index (Phi) is 5.37. The number of carbonyl (C=O) groups is 1. The Labute approximate surface area is 124 Å². The molecule has 6 nitrogen and oxygen atoms in total. The Morgan fingerprint density at radius 1 is 1.52 bits per heavy atom. The lowest BCUT2D eigenvalue weighted by Crippen LogP contribution is -2.47. The number of aliphatic hydroxyl groups excluding tert-OH is 1. The molecule has 1 unspecified atom stereocenters. The van der Waals surface area contributed by atoms with Crippen LogP contribution in [-0.2, 0) is 11.3 Å². The monoisotopic (exact) mass is 290 g/mol. The number of rotatable bonds is 5. The highest BCUT2D eigenvalue weighted by Gasteiger charge is 2.25. The number of carbonyl (C=O) groups excluding carboxylic acids is 1. The number of nitrogens with zero attached hydrogens (tertiary/aromatic N) is 3. The largest absolute Gasteiger partial charge is 0.396 e. The standard InChI is InChI=1S/C15H22N4O2/c16-10-13-2-1-6-18(13)9-5-14(17)15(21)19-7-3-12(11-20)4-8-19/h1-2,6,12,14,20H,3-5,7-9,11,17H2. The van der Waals surface area contributed by atoms with E-state index in [-0.39, 0.29) is 12.5 Å². The van der Waals surface area contributed by atoms with Crippen LogP contribution in [0.5, 0.6) is 0 Å². The van der Waals surface area contributed by atoms with E-state index in [1.807, 2.05) is 16.8 Å². The average molecular weight is 290 g/mol. The van der Waals surface area contributed by atoms with E-state index in [1.165, 1.54) is 0 Å². The fourth-order valence-corrected chi connectivity index (χ4v) is 2.68. The first-order valence-electron chi connectivity index (χ1n) is 7.36. The van der Waals surface area contributed by atoms with Gasteiger partial charge in [0.15, 0.2) is 0 Å². The fraction of sp³-hybridized carbons (Fsp3) is 0.600. The summed E-state index contributed by atoms with van der Waals surface area (Å²) in [5.74, 6) is 0.278. The van der Waals surface area contributed by atoms with Crippen LogP contribution >= 0.6 is 0 Å². The number of piperidine rings is 1. The van der Waals surface area contributed by atoms with Gasteiger partial charge in [-0.25, -0.2) is 0 Å². The Morgan fingerprint density at radius 2 is 2.24 bits per heavy atom. The van der Waals surface area contributed by atoms with Gasteiger partial charge < -0.3 is 20.3 Å². The molecular weight excluding hydrogens is 268 g/mol. The Bertz CT molecular complexity index is 512. The number of amides is 1. The van der Waals surface area contributed by atoms with Crippen molar-refractivity contribution < 1.29 is 9.90 Å². The van der Waals surface area contributed by atoms with Gasteiger partial charge in [0.1, 0.15) is 11.8 Å². The molecule has 1 saturated heterocycles. The first kappa shape index (κ1) is 15.5. The van der Waals surface area contributed by atoms with Gasteiger partial charge in [0, 0.05) is 32.4 Å². The van der Waals surface area contributed by atoms with Crippen molar-refractivity contribution >= 4 is 5.91 Å². The van der Waals surface area contributed by atoms with Gasteiger partial charge in [0.05, 0.1) is 6.04 Å². The summed E-state index contributed by atoms with van der Waals surface area (Å²) in [5.41, 5.74) is 6.57. The number of aryl methyl sites for hydroxylation is 1. The van der Waals surface area contributed by atoms with Gasteiger partial charge in [-0.3, -0.25) is 4.79 Å². The second kappa shape index (κ2) is 7.25. The number of likely N-dealkylation sites (tertiary alicyclic amines) is 1. The fourth-order valence-electron chi connectivity index (χ4n) is 2.68. The van der Waals surface area contributed by atoms with Crippen LogP contribution in [0, 0.1) is 17.2 Å². The van der Waals surface area contributed by atoms with Crippen LogP contribution in [0.1, 0.15) is 25.0 Å². The normalized spacial score (nSPS) is 17.5. The van der Waals surface area contributed by atoms with Gasteiger partial charge in [0.25, 0.3) is 0 Å². The molecule has 1 fully saturated rings. The number of aromatic nitrogens is 1. The van der Waals surface area contributed by atoms with Crippen LogP contribution in [0.3, 0.4) is 0 Å². The molecule has 2 rings (SSSR count). The molecule has 1 atom stereocenters. The van der Waals surface area contributed by atoms with E-state index in [1.54, 1.807) is 11.0 Å². The number of hydrogen-bond acceptors (Lipinski definition) is 4. The third-order valence-corrected chi connectivity index (χ3v) is 4.13.